The molecule has 5 nitrogen and oxygen atoms in total. The molecule has 27 heavy (non-hydrogen) atoms. The molecule has 1 aromatic heterocycles. The average molecular weight is 370 g/mol. The van der Waals surface area contributed by atoms with Crippen LogP contribution in [-0.2, 0) is 11.3 Å². The first-order valence-corrected chi connectivity index (χ1v) is 10.4. The maximum atomic E-state index is 13.4. The van der Waals surface area contributed by atoms with Crippen molar-refractivity contribution in [1.29, 1.82) is 0 Å². The van der Waals surface area contributed by atoms with Gasteiger partial charge in [0.1, 0.15) is 0 Å². The minimum absolute atomic E-state index is 0.191. The van der Waals surface area contributed by atoms with Crippen molar-refractivity contribution < 1.29 is 4.74 Å². The van der Waals surface area contributed by atoms with Crippen molar-refractivity contribution in [2.75, 3.05) is 37.7 Å². The Bertz CT molecular complexity index is 854. The minimum Gasteiger partial charge on any atom is -0.378 e. The summed E-state index contributed by atoms with van der Waals surface area (Å²) < 4.78 is 5.46. The van der Waals surface area contributed by atoms with E-state index in [0.29, 0.717) is 6.04 Å². The lowest BCUT2D eigenvalue weighted by molar-refractivity contribution is 0.122. The third-order valence-corrected chi connectivity index (χ3v) is 6.25. The Hall–Kier alpha value is -1.85. The van der Waals surface area contributed by atoms with E-state index in [1.165, 1.54) is 19.3 Å². The monoisotopic (exact) mass is 369 g/mol. The molecular formula is C22H31N3O2. The van der Waals surface area contributed by atoms with Crippen LogP contribution in [0.4, 0.5) is 5.69 Å². The summed E-state index contributed by atoms with van der Waals surface area (Å²) in [5.74, 6) is 0. The van der Waals surface area contributed by atoms with Crippen molar-refractivity contribution in [3.63, 3.8) is 0 Å². The molecule has 3 heterocycles. The molecule has 0 spiro atoms. The predicted molar refractivity (Wildman–Crippen MR) is 111 cm³/mol. The second-order valence-electron chi connectivity index (χ2n) is 7.92. The quantitative estimate of drug-likeness (QED) is 0.897. The van der Waals surface area contributed by atoms with Crippen molar-refractivity contribution in [3.05, 3.63) is 39.7 Å². The first-order valence-electron chi connectivity index (χ1n) is 10.4. The van der Waals surface area contributed by atoms with Gasteiger partial charge in [0, 0.05) is 53.5 Å². The summed E-state index contributed by atoms with van der Waals surface area (Å²) in [7, 11) is 0. The maximum Gasteiger partial charge on any atom is 0.194 e. The van der Waals surface area contributed by atoms with E-state index in [1.54, 1.807) is 0 Å². The molecule has 2 fully saturated rings. The summed E-state index contributed by atoms with van der Waals surface area (Å²) in [5.41, 5.74) is 4.19. The fourth-order valence-electron chi connectivity index (χ4n) is 4.58. The van der Waals surface area contributed by atoms with Gasteiger partial charge in [0.25, 0.3) is 0 Å². The van der Waals surface area contributed by atoms with E-state index in [2.05, 4.69) is 33.8 Å². The van der Waals surface area contributed by atoms with Crippen LogP contribution in [0.1, 0.15) is 43.9 Å². The molecule has 1 aromatic carbocycles. The summed E-state index contributed by atoms with van der Waals surface area (Å²) in [6.45, 7) is 9.43. The number of likely N-dealkylation sites (tertiary alicyclic amines) is 1. The van der Waals surface area contributed by atoms with Gasteiger partial charge in [0.15, 0.2) is 5.43 Å². The number of fused-ring (bicyclic) bond motifs is 1. The highest BCUT2D eigenvalue weighted by molar-refractivity contribution is 5.83. The number of aryl methyl sites for hydroxylation is 1. The molecule has 1 atom stereocenters. The van der Waals surface area contributed by atoms with Crippen LogP contribution in [0.5, 0.6) is 0 Å². The van der Waals surface area contributed by atoms with Gasteiger partial charge in [-0.25, -0.2) is 0 Å². The van der Waals surface area contributed by atoms with Gasteiger partial charge in [-0.3, -0.25) is 9.69 Å². The molecule has 1 N–H and O–H groups in total. The van der Waals surface area contributed by atoms with Crippen molar-refractivity contribution >= 4 is 16.6 Å². The van der Waals surface area contributed by atoms with Crippen molar-refractivity contribution in [2.45, 2.75) is 52.1 Å². The fourth-order valence-corrected chi connectivity index (χ4v) is 4.58. The van der Waals surface area contributed by atoms with Crippen molar-refractivity contribution in [3.8, 4) is 0 Å². The lowest BCUT2D eigenvalue weighted by Gasteiger charge is -2.35. The van der Waals surface area contributed by atoms with E-state index >= 15 is 0 Å². The molecule has 146 valence electrons. The number of piperidine rings is 1. The molecule has 2 aromatic rings. The Kier molecular flexibility index (Phi) is 5.50. The Morgan fingerprint density at radius 3 is 2.78 bits per heavy atom. The van der Waals surface area contributed by atoms with E-state index in [0.717, 1.165) is 73.7 Å². The van der Waals surface area contributed by atoms with E-state index in [9.17, 15) is 4.79 Å². The van der Waals surface area contributed by atoms with E-state index in [1.807, 2.05) is 13.0 Å². The summed E-state index contributed by atoms with van der Waals surface area (Å²) in [6.07, 6.45) is 4.96. The zero-order valence-electron chi connectivity index (χ0n) is 16.6. The first kappa shape index (κ1) is 18.5. The number of nitrogens with one attached hydrogen (secondary N) is 1. The van der Waals surface area contributed by atoms with Gasteiger partial charge in [-0.2, -0.15) is 0 Å². The number of aromatic amines is 1. The zero-order valence-corrected chi connectivity index (χ0v) is 16.6. The Morgan fingerprint density at radius 1 is 1.19 bits per heavy atom. The average Bonchev–Trinajstić information content (AvgIpc) is 2.72. The Balaban J connectivity index is 1.69. The number of benzene rings is 1. The largest absolute Gasteiger partial charge is 0.378 e. The third-order valence-electron chi connectivity index (χ3n) is 6.25. The lowest BCUT2D eigenvalue weighted by Crippen LogP contribution is -2.40. The van der Waals surface area contributed by atoms with Gasteiger partial charge < -0.3 is 14.6 Å². The SMILES string of the molecule is CC[C@@H]1CCCCN1Cc1c(C)[nH]c2ccc(N3CCOCC3)cc2c1=O. The molecule has 0 aliphatic carbocycles. The lowest BCUT2D eigenvalue weighted by atomic mass is 9.98. The summed E-state index contributed by atoms with van der Waals surface area (Å²) in [4.78, 5) is 21.7. The Labute approximate surface area is 161 Å². The normalized spacial score (nSPS) is 21.7. The molecule has 0 saturated carbocycles. The molecular weight excluding hydrogens is 338 g/mol. The molecule has 0 bridgehead atoms. The Morgan fingerprint density at radius 2 is 2.00 bits per heavy atom. The fraction of sp³-hybridized carbons (Fsp3) is 0.591. The van der Waals surface area contributed by atoms with E-state index in [4.69, 9.17) is 4.74 Å². The maximum absolute atomic E-state index is 13.4. The molecule has 2 aliphatic rings. The number of H-pyrrole nitrogens is 1. The topological polar surface area (TPSA) is 48.6 Å². The number of nitrogens with zero attached hydrogens (tertiary/aromatic N) is 2. The smallest absolute Gasteiger partial charge is 0.194 e. The predicted octanol–water partition coefficient (Wildman–Crippen LogP) is 3.44. The number of rotatable bonds is 4. The molecule has 0 radical (unpaired) electrons. The first-order chi connectivity index (χ1) is 13.2. The van der Waals surface area contributed by atoms with Gasteiger partial charge in [-0.05, 0) is 50.9 Å². The van der Waals surface area contributed by atoms with Gasteiger partial charge >= 0.3 is 0 Å². The van der Waals surface area contributed by atoms with E-state index in [-0.39, 0.29) is 5.43 Å². The summed E-state index contributed by atoms with van der Waals surface area (Å²) in [5, 5.41) is 0.810. The summed E-state index contributed by atoms with van der Waals surface area (Å²) in [6, 6.07) is 6.83. The molecule has 2 saturated heterocycles. The molecule has 0 unspecified atom stereocenters. The molecule has 2 aliphatic heterocycles. The second-order valence-corrected chi connectivity index (χ2v) is 7.92. The number of hydrogen-bond acceptors (Lipinski definition) is 4. The zero-order chi connectivity index (χ0) is 18.8. The van der Waals surface area contributed by atoms with Crippen LogP contribution in [0.15, 0.2) is 23.0 Å². The van der Waals surface area contributed by atoms with Gasteiger partial charge in [0.2, 0.25) is 0 Å². The highest BCUT2D eigenvalue weighted by Gasteiger charge is 2.23. The van der Waals surface area contributed by atoms with Crippen LogP contribution in [0.25, 0.3) is 10.9 Å². The van der Waals surface area contributed by atoms with E-state index < -0.39 is 0 Å². The van der Waals surface area contributed by atoms with Crippen LogP contribution in [0, 0.1) is 6.92 Å². The van der Waals surface area contributed by atoms with Gasteiger partial charge in [-0.15, -0.1) is 0 Å². The van der Waals surface area contributed by atoms with Crippen LogP contribution < -0.4 is 10.3 Å². The highest BCUT2D eigenvalue weighted by atomic mass is 16.5. The van der Waals surface area contributed by atoms with Crippen LogP contribution >= 0.6 is 0 Å². The van der Waals surface area contributed by atoms with Crippen LogP contribution in [0.2, 0.25) is 0 Å². The van der Waals surface area contributed by atoms with Crippen molar-refractivity contribution in [2.24, 2.45) is 0 Å². The highest BCUT2D eigenvalue weighted by Crippen LogP contribution is 2.24. The number of ether oxygens (including phenoxy) is 1. The number of anilines is 1. The second kappa shape index (κ2) is 8.03. The van der Waals surface area contributed by atoms with Crippen LogP contribution in [0.3, 0.4) is 0 Å². The summed E-state index contributed by atoms with van der Waals surface area (Å²) >= 11 is 0. The standard InChI is InChI=1S/C22H31N3O2/c1-3-17-6-4-5-9-25(17)15-20-16(2)23-21-8-7-18(14-19(21)22(20)26)24-10-12-27-13-11-24/h7-8,14,17H,3-6,9-13,15H2,1-2H3,(H,23,26)/t17-/m1/s1. The number of aromatic nitrogens is 1. The number of hydrogen-bond donors (Lipinski definition) is 1. The number of pyridine rings is 1. The van der Waals surface area contributed by atoms with Crippen molar-refractivity contribution in [1.82, 2.24) is 9.88 Å². The third kappa shape index (κ3) is 3.76. The van der Waals surface area contributed by atoms with Crippen LogP contribution in [-0.4, -0.2) is 48.8 Å². The minimum atomic E-state index is 0.191. The molecule has 4 rings (SSSR count). The molecule has 5 heteroatoms. The van der Waals surface area contributed by atoms with Gasteiger partial charge in [-0.1, -0.05) is 13.3 Å². The molecule has 0 amide bonds. The van der Waals surface area contributed by atoms with Gasteiger partial charge in [0.05, 0.1) is 13.2 Å². The number of morpholine rings is 1.